The Morgan fingerprint density at radius 2 is 1.53 bits per heavy atom. The fourth-order valence-corrected chi connectivity index (χ4v) is 12.6. The second kappa shape index (κ2) is 12.8. The molecule has 51 heavy (non-hydrogen) atoms. The first-order valence-electron chi connectivity index (χ1n) is 19.2. The zero-order valence-corrected chi connectivity index (χ0v) is 32.1. The second-order valence-electron chi connectivity index (χ2n) is 18.9. The van der Waals surface area contributed by atoms with Gasteiger partial charge in [0, 0.05) is 31.1 Å². The van der Waals surface area contributed by atoms with Gasteiger partial charge in [0.05, 0.1) is 17.6 Å². The van der Waals surface area contributed by atoms with Crippen LogP contribution >= 0.6 is 0 Å². The zero-order chi connectivity index (χ0) is 37.7. The Labute approximate surface area is 302 Å². The lowest BCUT2D eigenvalue weighted by molar-refractivity contribution is -0.341. The fourth-order valence-electron chi connectivity index (χ4n) is 12.6. The van der Waals surface area contributed by atoms with Crippen LogP contribution in [0.25, 0.3) is 0 Å². The van der Waals surface area contributed by atoms with Crippen molar-refractivity contribution in [1.29, 1.82) is 0 Å². The molecule has 4 N–H and O–H groups in total. The molecule has 11 nitrogen and oxygen atoms in total. The van der Waals surface area contributed by atoms with Crippen molar-refractivity contribution in [3.8, 4) is 0 Å². The van der Waals surface area contributed by atoms with E-state index in [-0.39, 0.29) is 47.0 Å². The number of carboxylic acid groups (broad SMARTS) is 1. The highest BCUT2D eigenvalue weighted by atomic mass is 16.7. The number of carbonyl (C=O) groups excluding carboxylic acids is 2. The van der Waals surface area contributed by atoms with E-state index >= 15 is 0 Å². The molecule has 16 atom stereocenters. The summed E-state index contributed by atoms with van der Waals surface area (Å²) >= 11 is 0. The minimum atomic E-state index is -1.50. The van der Waals surface area contributed by atoms with Crippen molar-refractivity contribution < 1.29 is 53.8 Å². The minimum absolute atomic E-state index is 0.0392. The fraction of sp³-hybridized carbons (Fsp3) is 0.875. The van der Waals surface area contributed by atoms with E-state index in [0.29, 0.717) is 12.8 Å². The lowest BCUT2D eigenvalue weighted by Gasteiger charge is -2.72. The summed E-state index contributed by atoms with van der Waals surface area (Å²) in [6, 6.07) is 0. The van der Waals surface area contributed by atoms with E-state index in [2.05, 4.69) is 33.8 Å². The molecule has 3 unspecified atom stereocenters. The molecule has 6 aliphatic rings. The van der Waals surface area contributed by atoms with Crippen molar-refractivity contribution >= 4 is 17.9 Å². The highest BCUT2D eigenvalue weighted by Gasteiger charge is 2.72. The first kappa shape index (κ1) is 38.7. The monoisotopic (exact) mass is 718 g/mol. The molecule has 5 aliphatic carbocycles. The van der Waals surface area contributed by atoms with E-state index in [4.69, 9.17) is 18.9 Å². The number of allylic oxidation sites excluding steroid dienone is 2. The zero-order valence-electron chi connectivity index (χ0n) is 32.1. The average molecular weight is 719 g/mol. The Bertz CT molecular complexity index is 1450. The summed E-state index contributed by atoms with van der Waals surface area (Å²) in [5.74, 6) is -1.53. The van der Waals surface area contributed by atoms with Gasteiger partial charge in [0.25, 0.3) is 0 Å². The molecule has 0 aromatic heterocycles. The lowest BCUT2D eigenvalue weighted by Crippen LogP contribution is -2.70. The number of aliphatic hydroxyl groups is 3. The summed E-state index contributed by atoms with van der Waals surface area (Å²) in [7, 11) is 0. The van der Waals surface area contributed by atoms with Crippen LogP contribution in [0.4, 0.5) is 0 Å². The van der Waals surface area contributed by atoms with Gasteiger partial charge in [-0.25, -0.2) is 0 Å². The van der Waals surface area contributed by atoms with Crippen molar-refractivity contribution in [1.82, 2.24) is 0 Å². The number of ether oxygens (including phenoxy) is 4. The summed E-state index contributed by atoms with van der Waals surface area (Å²) in [5.41, 5.74) is -1.15. The maximum atomic E-state index is 12.6. The van der Waals surface area contributed by atoms with Gasteiger partial charge in [-0.2, -0.15) is 0 Å². The smallest absolute Gasteiger partial charge is 0.309 e. The van der Waals surface area contributed by atoms with E-state index in [1.54, 1.807) is 6.92 Å². The number of aliphatic carboxylic acids is 1. The van der Waals surface area contributed by atoms with E-state index < -0.39 is 77.1 Å². The second-order valence-corrected chi connectivity index (χ2v) is 18.9. The molecule has 6 rings (SSSR count). The predicted octanol–water partition coefficient (Wildman–Crippen LogP) is 5.17. The summed E-state index contributed by atoms with van der Waals surface area (Å²) in [4.78, 5) is 37.4. The van der Waals surface area contributed by atoms with Crippen LogP contribution in [-0.2, 0) is 33.3 Å². The number of aliphatic hydroxyl groups excluding tert-OH is 3. The SMILES string of the molecule is CC(=O)OC[C@@]1(C)C2CC[C@]3(C)C(CC=C4C5C[C@](C)(C(=O)O)CC[C@]5(C)CC[C@]43C)[C@@]2(C)[C@@H](O[C@@H]2O[C@@H](C)[C@H](O)[C@@H](O)[C@H]2O)C[C@@H]1OC(C)=O. The van der Waals surface area contributed by atoms with Gasteiger partial charge in [0.1, 0.15) is 31.0 Å². The molecule has 0 aromatic rings. The third kappa shape index (κ3) is 5.73. The lowest BCUT2D eigenvalue weighted by atomic mass is 9.33. The topological polar surface area (TPSA) is 169 Å². The Hall–Kier alpha value is -2.05. The van der Waals surface area contributed by atoms with Crippen molar-refractivity contribution in [3.63, 3.8) is 0 Å². The van der Waals surface area contributed by atoms with Gasteiger partial charge < -0.3 is 39.4 Å². The van der Waals surface area contributed by atoms with Gasteiger partial charge in [0.15, 0.2) is 6.29 Å². The normalized spacial score (nSPS) is 52.2. The summed E-state index contributed by atoms with van der Waals surface area (Å²) < 4.78 is 24.6. The van der Waals surface area contributed by atoms with Crippen LogP contribution in [0.3, 0.4) is 0 Å². The quantitative estimate of drug-likeness (QED) is 0.211. The molecule has 288 valence electrons. The van der Waals surface area contributed by atoms with Gasteiger partial charge in [0.2, 0.25) is 0 Å². The van der Waals surface area contributed by atoms with Crippen molar-refractivity contribution in [2.24, 2.45) is 50.2 Å². The molecule has 1 heterocycles. The number of hydrogen-bond donors (Lipinski definition) is 4. The maximum Gasteiger partial charge on any atom is 0.309 e. The van der Waals surface area contributed by atoms with Crippen LogP contribution in [0.2, 0.25) is 0 Å². The Morgan fingerprint density at radius 1 is 0.863 bits per heavy atom. The van der Waals surface area contributed by atoms with Crippen LogP contribution in [0.15, 0.2) is 11.6 Å². The van der Waals surface area contributed by atoms with Crippen LogP contribution in [0.1, 0.15) is 120 Å². The Morgan fingerprint density at radius 3 is 2.16 bits per heavy atom. The summed E-state index contributed by atoms with van der Waals surface area (Å²) in [5, 5.41) is 42.6. The maximum absolute atomic E-state index is 12.6. The standard InChI is InChI=1S/C40H62O11/c1-21-30(43)31(44)32(45)33(49-21)51-29-18-28(50-23(3)42)37(6,20-48-22(2)41)26-12-13-39(8)27(40(26,29)9)11-10-24-25-19-36(5,34(46)47)15-14-35(25,4)16-17-38(24,39)7/h10,21,25-33,43-45H,11-20H2,1-9H3,(H,46,47)/t21-,25?,26?,27?,28-,29-,30-,31+,32+,33-,35+,36+,37-,38+,39+,40-/m0/s1. The van der Waals surface area contributed by atoms with E-state index in [1.807, 2.05) is 13.8 Å². The Balaban J connectivity index is 1.46. The van der Waals surface area contributed by atoms with Crippen LogP contribution in [0.5, 0.6) is 0 Å². The predicted molar refractivity (Wildman–Crippen MR) is 186 cm³/mol. The van der Waals surface area contributed by atoms with Crippen molar-refractivity contribution in [2.45, 2.75) is 163 Å². The molecule has 0 spiro atoms. The van der Waals surface area contributed by atoms with Crippen molar-refractivity contribution in [2.75, 3.05) is 6.61 Å². The number of fused-ring (bicyclic) bond motifs is 7. The van der Waals surface area contributed by atoms with E-state index in [9.17, 15) is 34.8 Å². The Kier molecular flexibility index (Phi) is 9.69. The molecule has 0 amide bonds. The van der Waals surface area contributed by atoms with Gasteiger partial charge in [-0.1, -0.05) is 46.3 Å². The van der Waals surface area contributed by atoms with Crippen molar-refractivity contribution in [3.05, 3.63) is 11.6 Å². The molecule has 4 saturated carbocycles. The molecule has 11 heteroatoms. The first-order chi connectivity index (χ1) is 23.6. The minimum Gasteiger partial charge on any atom is -0.481 e. The van der Waals surface area contributed by atoms with Gasteiger partial charge in [-0.05, 0) is 99.2 Å². The molecule has 0 bridgehead atoms. The highest BCUT2D eigenvalue weighted by Crippen LogP contribution is 2.76. The number of carboxylic acids is 1. The van der Waals surface area contributed by atoms with Crippen LogP contribution < -0.4 is 0 Å². The number of esters is 2. The molecule has 1 aliphatic heterocycles. The van der Waals surface area contributed by atoms with Gasteiger partial charge >= 0.3 is 17.9 Å². The highest BCUT2D eigenvalue weighted by molar-refractivity contribution is 5.74. The van der Waals surface area contributed by atoms with Crippen LogP contribution in [-0.4, -0.2) is 87.9 Å². The largest absolute Gasteiger partial charge is 0.481 e. The molecular formula is C40H62O11. The number of carbonyl (C=O) groups is 3. The van der Waals surface area contributed by atoms with Gasteiger partial charge in [-0.15, -0.1) is 0 Å². The third-order valence-corrected chi connectivity index (χ3v) is 16.2. The average Bonchev–Trinajstić information content (AvgIpc) is 3.04. The molecule has 0 radical (unpaired) electrons. The summed E-state index contributed by atoms with van der Waals surface area (Å²) in [6.45, 7) is 17.8. The molecule has 0 aromatic carbocycles. The van der Waals surface area contributed by atoms with Gasteiger partial charge in [-0.3, -0.25) is 14.4 Å². The van der Waals surface area contributed by atoms with E-state index in [0.717, 1.165) is 38.5 Å². The molecule has 1 saturated heterocycles. The summed E-state index contributed by atoms with van der Waals surface area (Å²) in [6.07, 6.45) is 1.65. The first-order valence-corrected chi connectivity index (χ1v) is 19.2. The third-order valence-electron chi connectivity index (χ3n) is 16.2. The van der Waals surface area contributed by atoms with E-state index in [1.165, 1.54) is 19.4 Å². The van der Waals surface area contributed by atoms with Crippen LogP contribution in [0, 0.1) is 50.2 Å². The molecule has 5 fully saturated rings. The number of hydrogen-bond acceptors (Lipinski definition) is 10. The molecular weight excluding hydrogens is 656 g/mol. The number of rotatable bonds is 6.